The molecule has 0 amide bonds. The lowest BCUT2D eigenvalue weighted by molar-refractivity contribution is 0.260. The molecule has 0 saturated carbocycles. The first kappa shape index (κ1) is 16.2. The van der Waals surface area contributed by atoms with Gasteiger partial charge in [-0.05, 0) is 50.5 Å². The molecule has 0 bridgehead atoms. The predicted octanol–water partition coefficient (Wildman–Crippen LogP) is 4.47. The summed E-state index contributed by atoms with van der Waals surface area (Å²) in [5.41, 5.74) is 2.41. The molecule has 0 fully saturated rings. The van der Waals surface area contributed by atoms with Crippen molar-refractivity contribution in [3.05, 3.63) is 53.6 Å². The van der Waals surface area contributed by atoms with Crippen LogP contribution in [0.5, 0.6) is 17.2 Å². The minimum atomic E-state index is 0.582. The van der Waals surface area contributed by atoms with E-state index in [9.17, 15) is 0 Å². The first-order chi connectivity index (χ1) is 10.8. The molecule has 0 unspecified atom stereocenters. The summed E-state index contributed by atoms with van der Waals surface area (Å²) in [6.45, 7) is 7.68. The van der Waals surface area contributed by atoms with Gasteiger partial charge in [-0.1, -0.05) is 30.3 Å². The largest absolute Gasteiger partial charge is 0.490 e. The summed E-state index contributed by atoms with van der Waals surface area (Å²) in [5.74, 6) is 2.20. The van der Waals surface area contributed by atoms with Crippen molar-refractivity contribution in [2.24, 2.45) is 0 Å². The van der Waals surface area contributed by atoms with Crippen molar-refractivity contribution >= 4 is 0 Å². The molecule has 0 saturated heterocycles. The van der Waals surface area contributed by atoms with E-state index in [0.717, 1.165) is 23.5 Å². The van der Waals surface area contributed by atoms with Crippen molar-refractivity contribution in [3.63, 3.8) is 0 Å². The van der Waals surface area contributed by atoms with Crippen molar-refractivity contribution < 1.29 is 14.2 Å². The molecule has 3 nitrogen and oxygen atoms in total. The van der Waals surface area contributed by atoms with E-state index in [1.165, 1.54) is 5.56 Å². The monoisotopic (exact) mass is 300 g/mol. The zero-order valence-electron chi connectivity index (χ0n) is 13.6. The first-order valence-electron chi connectivity index (χ1n) is 7.87. The molecule has 2 aromatic rings. The van der Waals surface area contributed by atoms with Crippen LogP contribution in [0.4, 0.5) is 0 Å². The summed E-state index contributed by atoms with van der Waals surface area (Å²) in [4.78, 5) is 0. The fraction of sp³-hybridized carbons (Fsp3) is 0.368. The minimum absolute atomic E-state index is 0.582. The SMILES string of the molecule is CCOc1cc(Cc2ccccc2)cc(OCC)c1OCC. The van der Waals surface area contributed by atoms with Crippen LogP contribution < -0.4 is 14.2 Å². The van der Waals surface area contributed by atoms with Crippen LogP contribution in [0.15, 0.2) is 42.5 Å². The van der Waals surface area contributed by atoms with Gasteiger partial charge in [-0.25, -0.2) is 0 Å². The maximum Gasteiger partial charge on any atom is 0.203 e. The highest BCUT2D eigenvalue weighted by Crippen LogP contribution is 2.39. The molecule has 2 aromatic carbocycles. The summed E-state index contributed by atoms with van der Waals surface area (Å²) in [6, 6.07) is 14.5. The van der Waals surface area contributed by atoms with Crippen molar-refractivity contribution in [2.45, 2.75) is 27.2 Å². The Kier molecular flexibility index (Phi) is 6.13. The highest BCUT2D eigenvalue weighted by atomic mass is 16.5. The number of rotatable bonds is 8. The summed E-state index contributed by atoms with van der Waals surface area (Å²) in [6.07, 6.45) is 0.841. The summed E-state index contributed by atoms with van der Waals surface area (Å²) in [7, 11) is 0. The van der Waals surface area contributed by atoms with E-state index in [0.29, 0.717) is 25.6 Å². The quantitative estimate of drug-likeness (QED) is 0.719. The van der Waals surface area contributed by atoms with Crippen molar-refractivity contribution in [1.82, 2.24) is 0 Å². The lowest BCUT2D eigenvalue weighted by Gasteiger charge is -2.17. The maximum atomic E-state index is 5.75. The fourth-order valence-corrected chi connectivity index (χ4v) is 2.38. The molecule has 0 aromatic heterocycles. The van der Waals surface area contributed by atoms with Crippen LogP contribution in [0.3, 0.4) is 0 Å². The van der Waals surface area contributed by atoms with Gasteiger partial charge in [-0.15, -0.1) is 0 Å². The Morgan fingerprint density at radius 3 is 1.73 bits per heavy atom. The molecular weight excluding hydrogens is 276 g/mol. The average Bonchev–Trinajstić information content (AvgIpc) is 2.52. The fourth-order valence-electron chi connectivity index (χ4n) is 2.38. The van der Waals surface area contributed by atoms with Crippen LogP contribution in [0.2, 0.25) is 0 Å². The maximum absolute atomic E-state index is 5.75. The molecule has 0 aliphatic heterocycles. The third-order valence-corrected chi connectivity index (χ3v) is 3.22. The van der Waals surface area contributed by atoms with Gasteiger partial charge in [0.15, 0.2) is 11.5 Å². The summed E-state index contributed by atoms with van der Waals surface area (Å²) < 4.78 is 17.2. The minimum Gasteiger partial charge on any atom is -0.490 e. The number of benzene rings is 2. The van der Waals surface area contributed by atoms with E-state index in [1.807, 2.05) is 39.0 Å². The lowest BCUT2D eigenvalue weighted by atomic mass is 10.0. The predicted molar refractivity (Wildman–Crippen MR) is 89.2 cm³/mol. The van der Waals surface area contributed by atoms with Gasteiger partial charge in [0.2, 0.25) is 5.75 Å². The highest BCUT2D eigenvalue weighted by molar-refractivity contribution is 5.54. The van der Waals surface area contributed by atoms with E-state index in [4.69, 9.17) is 14.2 Å². The van der Waals surface area contributed by atoms with Crippen molar-refractivity contribution in [1.29, 1.82) is 0 Å². The molecule has 118 valence electrons. The average molecular weight is 300 g/mol. The Morgan fingerprint density at radius 1 is 0.682 bits per heavy atom. The normalized spacial score (nSPS) is 10.3. The molecule has 0 aliphatic carbocycles. The molecule has 0 aliphatic rings. The molecule has 3 heteroatoms. The second-order valence-corrected chi connectivity index (χ2v) is 4.88. The molecule has 0 atom stereocenters. The molecule has 0 heterocycles. The third kappa shape index (κ3) is 4.17. The molecule has 0 radical (unpaired) electrons. The van der Waals surface area contributed by atoms with Gasteiger partial charge in [-0.3, -0.25) is 0 Å². The van der Waals surface area contributed by atoms with Gasteiger partial charge in [0.05, 0.1) is 19.8 Å². The molecule has 2 rings (SSSR count). The van der Waals surface area contributed by atoms with Crippen LogP contribution in [0.25, 0.3) is 0 Å². The topological polar surface area (TPSA) is 27.7 Å². The van der Waals surface area contributed by atoms with Crippen LogP contribution in [-0.2, 0) is 6.42 Å². The van der Waals surface area contributed by atoms with E-state index < -0.39 is 0 Å². The molecule has 22 heavy (non-hydrogen) atoms. The second-order valence-electron chi connectivity index (χ2n) is 4.88. The second kappa shape index (κ2) is 8.32. The third-order valence-electron chi connectivity index (χ3n) is 3.22. The van der Waals surface area contributed by atoms with Gasteiger partial charge in [0.1, 0.15) is 0 Å². The van der Waals surface area contributed by atoms with Crippen molar-refractivity contribution in [2.75, 3.05) is 19.8 Å². The highest BCUT2D eigenvalue weighted by Gasteiger charge is 2.15. The number of ether oxygens (including phenoxy) is 3. The van der Waals surface area contributed by atoms with Gasteiger partial charge in [0.25, 0.3) is 0 Å². The molecule has 0 N–H and O–H groups in total. The van der Waals surface area contributed by atoms with E-state index in [1.54, 1.807) is 0 Å². The van der Waals surface area contributed by atoms with Gasteiger partial charge < -0.3 is 14.2 Å². The van der Waals surface area contributed by atoms with E-state index >= 15 is 0 Å². The Balaban J connectivity index is 2.37. The lowest BCUT2D eigenvalue weighted by Crippen LogP contribution is -2.04. The summed E-state index contributed by atoms with van der Waals surface area (Å²) in [5, 5.41) is 0. The molecular formula is C19H24O3. The van der Waals surface area contributed by atoms with E-state index in [-0.39, 0.29) is 0 Å². The standard InChI is InChI=1S/C19H24O3/c1-4-20-17-13-16(12-15-10-8-7-9-11-15)14-18(21-5-2)19(17)22-6-3/h7-11,13-14H,4-6,12H2,1-3H3. The smallest absolute Gasteiger partial charge is 0.203 e. The van der Waals surface area contributed by atoms with Gasteiger partial charge in [0, 0.05) is 0 Å². The van der Waals surface area contributed by atoms with Gasteiger partial charge in [-0.2, -0.15) is 0 Å². The Morgan fingerprint density at radius 2 is 1.23 bits per heavy atom. The Bertz CT molecular complexity index is 551. The molecule has 0 spiro atoms. The van der Waals surface area contributed by atoms with E-state index in [2.05, 4.69) is 24.3 Å². The summed E-state index contributed by atoms with van der Waals surface area (Å²) >= 11 is 0. The first-order valence-corrected chi connectivity index (χ1v) is 7.87. The van der Waals surface area contributed by atoms with Crippen LogP contribution in [-0.4, -0.2) is 19.8 Å². The van der Waals surface area contributed by atoms with Gasteiger partial charge >= 0.3 is 0 Å². The van der Waals surface area contributed by atoms with Crippen LogP contribution in [0, 0.1) is 0 Å². The van der Waals surface area contributed by atoms with Crippen LogP contribution in [0.1, 0.15) is 31.9 Å². The van der Waals surface area contributed by atoms with Crippen LogP contribution >= 0.6 is 0 Å². The zero-order valence-corrected chi connectivity index (χ0v) is 13.6. The van der Waals surface area contributed by atoms with Crippen molar-refractivity contribution in [3.8, 4) is 17.2 Å². The Hall–Kier alpha value is -2.16. The number of hydrogen-bond acceptors (Lipinski definition) is 3. The Labute approximate surface area is 132 Å². The number of hydrogen-bond donors (Lipinski definition) is 0. The zero-order chi connectivity index (χ0) is 15.8.